The van der Waals surface area contributed by atoms with Gasteiger partial charge in [-0.3, -0.25) is 14.8 Å². The van der Waals surface area contributed by atoms with Crippen molar-refractivity contribution in [3.05, 3.63) is 187 Å². The summed E-state index contributed by atoms with van der Waals surface area (Å²) in [6, 6.07) is 27.1. The summed E-state index contributed by atoms with van der Waals surface area (Å²) in [6.45, 7) is 0. The van der Waals surface area contributed by atoms with Gasteiger partial charge in [-0.15, -0.1) is 0 Å². The number of carbonyl (C=O) groups excluding carboxylic acids is 1. The number of fused-ring (bicyclic) bond motifs is 2. The highest BCUT2D eigenvalue weighted by molar-refractivity contribution is 6.36. The molecule has 0 saturated heterocycles. The molecule has 0 saturated carbocycles. The predicted octanol–water partition coefficient (Wildman–Crippen LogP) is 12.3. The lowest BCUT2D eigenvalue weighted by molar-refractivity contribution is 0.112. The van der Waals surface area contributed by atoms with Crippen LogP contribution < -0.4 is 11.1 Å². The van der Waals surface area contributed by atoms with Crippen molar-refractivity contribution in [3.8, 4) is 11.5 Å². The number of hydrogen-bond donors (Lipinski definition) is 4. The van der Waals surface area contributed by atoms with Gasteiger partial charge in [-0.2, -0.15) is 0 Å². The number of pyridine rings is 4. The standard InChI is InChI=1S/C21H13Cl3FN3O.C9H7NO.C7H4Cl2O.C5H4F2N2/c22-12-4-6-14(16(24)8-12)19(28-21-17(25)9-13(23)10-27-21)15-5-3-11-2-1-7-26-18(11)20(15)29;11-8-5-1-3-7-4-2-6-10-9(7)8;8-6-2-1-5(4-10)7(9)3-6;6-3-1-4(7)5(8)9-2-3/h1-10,19,29H,(H,27,28);1-6,11H;1-4H;1-2H,(H2,8,9). The van der Waals surface area contributed by atoms with E-state index in [1.54, 1.807) is 67.0 Å². The number of hydrogen-bond acceptors (Lipinski definition) is 9. The van der Waals surface area contributed by atoms with Crippen molar-refractivity contribution >= 4 is 97.7 Å². The molecule has 0 aliphatic carbocycles. The molecule has 1 atom stereocenters. The molecule has 8 rings (SSSR count). The molecule has 4 aromatic carbocycles. The number of phenols is 2. The second kappa shape index (κ2) is 20.7. The molecule has 4 aromatic heterocycles. The Labute approximate surface area is 359 Å². The normalized spacial score (nSPS) is 10.9. The number of halogens is 8. The molecule has 1 unspecified atom stereocenters. The molecule has 0 fully saturated rings. The molecule has 4 heterocycles. The average Bonchev–Trinajstić information content (AvgIpc) is 3.21. The van der Waals surface area contributed by atoms with Crippen LogP contribution in [-0.4, -0.2) is 36.4 Å². The number of aromatic nitrogens is 4. The molecule has 0 spiro atoms. The zero-order valence-electron chi connectivity index (χ0n) is 30.0. The fraction of sp³-hybridized carbons (Fsp3) is 0.0238. The molecule has 9 nitrogen and oxygen atoms in total. The maximum absolute atomic E-state index is 14.4. The number of phenolic OH excluding ortho intramolecular Hbond substituents is 2. The van der Waals surface area contributed by atoms with Gasteiger partial charge in [-0.25, -0.2) is 23.1 Å². The number of rotatable bonds is 5. The minimum atomic E-state index is -0.824. The summed E-state index contributed by atoms with van der Waals surface area (Å²) >= 11 is 29.4. The lowest BCUT2D eigenvalue weighted by Crippen LogP contribution is -2.15. The maximum atomic E-state index is 14.4. The highest BCUT2D eigenvalue weighted by atomic mass is 35.5. The summed E-state index contributed by atoms with van der Waals surface area (Å²) in [4.78, 5) is 25.7. The molecular weight excluding hydrogens is 871 g/mol. The Balaban J connectivity index is 0.000000179. The zero-order chi connectivity index (χ0) is 42.6. The molecule has 0 aliphatic rings. The highest BCUT2D eigenvalue weighted by Gasteiger charge is 2.24. The van der Waals surface area contributed by atoms with E-state index in [2.05, 4.69) is 25.3 Å². The molecule has 59 heavy (non-hydrogen) atoms. The van der Waals surface area contributed by atoms with Gasteiger partial charge in [0, 0.05) is 61.6 Å². The third kappa shape index (κ3) is 11.8. The van der Waals surface area contributed by atoms with Crippen LogP contribution in [0.4, 0.5) is 24.8 Å². The Morgan fingerprint density at radius 3 is 1.86 bits per heavy atom. The van der Waals surface area contributed by atoms with Gasteiger partial charge in [0.1, 0.15) is 28.3 Å². The Morgan fingerprint density at radius 2 is 1.25 bits per heavy atom. The van der Waals surface area contributed by atoms with Crippen molar-refractivity contribution in [2.24, 2.45) is 0 Å². The van der Waals surface area contributed by atoms with Crippen LogP contribution in [0.25, 0.3) is 21.8 Å². The first kappa shape index (κ1) is 44.2. The van der Waals surface area contributed by atoms with Gasteiger partial charge in [0.2, 0.25) is 0 Å². The number of para-hydroxylation sites is 1. The van der Waals surface area contributed by atoms with Crippen molar-refractivity contribution in [2.75, 3.05) is 11.1 Å². The third-order valence-electron chi connectivity index (χ3n) is 7.99. The smallest absolute Gasteiger partial charge is 0.168 e. The Kier molecular flexibility index (Phi) is 15.5. The minimum Gasteiger partial charge on any atom is -0.506 e. The molecule has 17 heteroatoms. The topological polar surface area (TPSA) is 147 Å². The van der Waals surface area contributed by atoms with Crippen molar-refractivity contribution in [1.82, 2.24) is 19.9 Å². The lowest BCUT2D eigenvalue weighted by Gasteiger charge is -2.23. The van der Waals surface area contributed by atoms with Gasteiger partial charge in [0.05, 0.1) is 22.3 Å². The monoisotopic (exact) mass is 896 g/mol. The van der Waals surface area contributed by atoms with Crippen LogP contribution in [0.3, 0.4) is 0 Å². The van der Waals surface area contributed by atoms with Crippen LogP contribution in [0.5, 0.6) is 11.5 Å². The van der Waals surface area contributed by atoms with Crippen LogP contribution in [0.1, 0.15) is 27.5 Å². The van der Waals surface area contributed by atoms with Gasteiger partial charge < -0.3 is 21.3 Å². The van der Waals surface area contributed by atoms with Crippen molar-refractivity contribution < 1.29 is 28.2 Å². The fourth-order valence-corrected chi connectivity index (χ4v) is 6.32. The average molecular weight is 899 g/mol. The first-order chi connectivity index (χ1) is 28.2. The molecule has 8 aromatic rings. The lowest BCUT2D eigenvalue weighted by atomic mass is 9.96. The molecule has 300 valence electrons. The van der Waals surface area contributed by atoms with Gasteiger partial charge in [0.25, 0.3) is 0 Å². The first-order valence-electron chi connectivity index (χ1n) is 16.8. The predicted molar refractivity (Wildman–Crippen MR) is 228 cm³/mol. The van der Waals surface area contributed by atoms with Crippen LogP contribution in [0.2, 0.25) is 25.1 Å². The van der Waals surface area contributed by atoms with E-state index in [9.17, 15) is 28.2 Å². The molecule has 0 bridgehead atoms. The number of nitrogens with zero attached hydrogens (tertiary/aromatic N) is 4. The van der Waals surface area contributed by atoms with Crippen molar-refractivity contribution in [3.63, 3.8) is 0 Å². The summed E-state index contributed by atoms with van der Waals surface area (Å²) in [7, 11) is 0. The molecule has 0 amide bonds. The number of aldehydes is 1. The second-order valence-electron chi connectivity index (χ2n) is 12.0. The number of benzene rings is 4. The summed E-state index contributed by atoms with van der Waals surface area (Å²) < 4.78 is 38.6. The summed E-state index contributed by atoms with van der Waals surface area (Å²) in [6.07, 6.45) is 6.14. The van der Waals surface area contributed by atoms with Gasteiger partial charge in [-0.1, -0.05) is 100 Å². The molecule has 0 aliphatic heterocycles. The van der Waals surface area contributed by atoms with E-state index in [4.69, 9.17) is 63.7 Å². The van der Waals surface area contributed by atoms with Gasteiger partial charge in [0.15, 0.2) is 29.6 Å². The Bertz CT molecular complexity index is 2750. The second-order valence-corrected chi connectivity index (χ2v) is 14.1. The van der Waals surface area contributed by atoms with E-state index in [-0.39, 0.29) is 28.2 Å². The number of nitrogen functional groups attached to an aromatic ring is 1. The Hall–Kier alpha value is -5.89. The largest absolute Gasteiger partial charge is 0.506 e. The first-order valence-corrected chi connectivity index (χ1v) is 18.7. The molecule has 0 radical (unpaired) electrons. The van der Waals surface area contributed by atoms with E-state index < -0.39 is 23.5 Å². The highest BCUT2D eigenvalue weighted by Crippen LogP contribution is 2.39. The van der Waals surface area contributed by atoms with Crippen molar-refractivity contribution in [2.45, 2.75) is 6.04 Å². The number of carbonyl (C=O) groups is 1. The summed E-state index contributed by atoms with van der Waals surface area (Å²) in [5, 5.41) is 26.9. The summed E-state index contributed by atoms with van der Waals surface area (Å²) in [5.74, 6) is -2.30. The maximum Gasteiger partial charge on any atom is 0.168 e. The van der Waals surface area contributed by atoms with Crippen molar-refractivity contribution in [1.29, 1.82) is 0 Å². The van der Waals surface area contributed by atoms with E-state index in [0.717, 1.165) is 23.0 Å². The van der Waals surface area contributed by atoms with E-state index >= 15 is 0 Å². The van der Waals surface area contributed by atoms with E-state index in [0.29, 0.717) is 60.2 Å². The van der Waals surface area contributed by atoms with Crippen LogP contribution in [0, 0.1) is 17.5 Å². The van der Waals surface area contributed by atoms with E-state index in [1.807, 2.05) is 30.3 Å². The number of nitrogens with two attached hydrogens (primary N) is 1. The minimum absolute atomic E-state index is 0.0362. The number of aromatic hydroxyl groups is 2. The van der Waals surface area contributed by atoms with Crippen LogP contribution in [0.15, 0.2) is 128 Å². The molecular formula is C42H28Cl5F3N6O3. The third-order valence-corrected chi connectivity index (χ3v) is 9.32. The number of anilines is 2. The zero-order valence-corrected chi connectivity index (χ0v) is 33.8. The van der Waals surface area contributed by atoms with E-state index in [1.165, 1.54) is 12.3 Å². The van der Waals surface area contributed by atoms with Crippen LogP contribution >= 0.6 is 58.0 Å². The molecule has 5 N–H and O–H groups in total. The SMILES string of the molecule is Nc1ncc(F)cc1F.O=Cc1ccc(Cl)cc1Cl.Oc1c(C(Nc2ncc(Cl)cc2F)c2ccc(Cl)cc2Cl)ccc2cccnc12.Oc1cccc2cccnc12. The quantitative estimate of drug-likeness (QED) is 0.124. The summed E-state index contributed by atoms with van der Waals surface area (Å²) in [5.41, 5.74) is 7.52. The van der Waals surface area contributed by atoms with Gasteiger partial charge in [-0.05, 0) is 60.2 Å². The fourth-order valence-electron chi connectivity index (χ4n) is 5.20. The number of nitrogens with one attached hydrogen (secondary N) is 1. The Morgan fingerprint density at radius 1 is 0.627 bits per heavy atom. The van der Waals surface area contributed by atoms with Gasteiger partial charge >= 0.3 is 0 Å². The van der Waals surface area contributed by atoms with Crippen LogP contribution in [-0.2, 0) is 0 Å².